The molecule has 6 heteroatoms. The van der Waals surface area contributed by atoms with Gasteiger partial charge in [-0.3, -0.25) is 0 Å². The van der Waals surface area contributed by atoms with Crippen LogP contribution in [0.3, 0.4) is 0 Å². The molecule has 2 aromatic heterocycles. The number of imidazole rings is 1. The molecule has 128 valence electrons. The van der Waals surface area contributed by atoms with Gasteiger partial charge in [0.25, 0.3) is 0 Å². The Morgan fingerprint density at radius 3 is 2.96 bits per heavy atom. The van der Waals surface area contributed by atoms with Crippen LogP contribution < -0.4 is 5.32 Å². The van der Waals surface area contributed by atoms with Gasteiger partial charge in [0, 0.05) is 18.4 Å². The molecular formula is C18H24N4O2. The molecule has 4 rings (SSSR count). The van der Waals surface area contributed by atoms with E-state index >= 15 is 0 Å². The number of hydrogen-bond donors (Lipinski definition) is 1. The summed E-state index contributed by atoms with van der Waals surface area (Å²) >= 11 is 0. The van der Waals surface area contributed by atoms with Crippen molar-refractivity contribution in [2.75, 3.05) is 0 Å². The molecule has 1 N–H and O–H groups in total. The number of hydrogen-bond acceptors (Lipinski definition) is 3. The third-order valence-corrected chi connectivity index (χ3v) is 5.24. The average Bonchev–Trinajstić information content (AvgIpc) is 3.07. The van der Waals surface area contributed by atoms with Crippen LogP contribution in [-0.2, 0) is 0 Å². The third-order valence-electron chi connectivity index (χ3n) is 5.24. The average molecular weight is 328 g/mol. The first kappa shape index (κ1) is 15.3. The molecule has 0 radical (unpaired) electrons. The summed E-state index contributed by atoms with van der Waals surface area (Å²) in [6.45, 7) is 2.04. The third kappa shape index (κ3) is 2.92. The zero-order valence-corrected chi connectivity index (χ0v) is 14.0. The molecule has 2 amide bonds. The molecule has 0 aromatic carbocycles. The van der Waals surface area contributed by atoms with Crippen molar-refractivity contribution in [2.45, 2.75) is 63.2 Å². The number of furan rings is 1. The topological polar surface area (TPSA) is 63.3 Å². The van der Waals surface area contributed by atoms with Gasteiger partial charge in [-0.1, -0.05) is 0 Å². The van der Waals surface area contributed by atoms with Gasteiger partial charge in [0.05, 0.1) is 30.7 Å². The van der Waals surface area contributed by atoms with Crippen LogP contribution >= 0.6 is 0 Å². The van der Waals surface area contributed by atoms with Crippen LogP contribution in [0.5, 0.6) is 0 Å². The van der Waals surface area contributed by atoms with Gasteiger partial charge in [-0.15, -0.1) is 0 Å². The molecule has 0 unspecified atom stereocenters. The summed E-state index contributed by atoms with van der Waals surface area (Å²) in [6, 6.07) is 4.60. The first-order chi connectivity index (χ1) is 11.7. The fourth-order valence-corrected chi connectivity index (χ4v) is 3.84. The lowest BCUT2D eigenvalue weighted by Gasteiger charge is -2.31. The Morgan fingerprint density at radius 1 is 1.42 bits per heavy atom. The quantitative estimate of drug-likeness (QED) is 0.913. The summed E-state index contributed by atoms with van der Waals surface area (Å²) in [5.41, 5.74) is 0. The smallest absolute Gasteiger partial charge is 0.318 e. The summed E-state index contributed by atoms with van der Waals surface area (Å²) in [4.78, 5) is 19.1. The van der Waals surface area contributed by atoms with E-state index in [2.05, 4.69) is 14.9 Å². The lowest BCUT2D eigenvalue weighted by atomic mass is 10.1. The molecule has 2 fully saturated rings. The number of nitrogens with zero attached hydrogens (tertiary/aromatic N) is 3. The SMILES string of the molecule is C[C@H](c1ccco1)N(C(=O)N[C@@H]1CCC[C@H]1n1ccnc1)C1CC1. The molecule has 24 heavy (non-hydrogen) atoms. The van der Waals surface area contributed by atoms with Crippen molar-refractivity contribution >= 4 is 6.03 Å². The van der Waals surface area contributed by atoms with Crippen LogP contribution in [0.25, 0.3) is 0 Å². The van der Waals surface area contributed by atoms with Gasteiger partial charge in [-0.05, 0) is 51.2 Å². The van der Waals surface area contributed by atoms with E-state index in [0.717, 1.165) is 37.9 Å². The normalized spacial score (nSPS) is 24.7. The van der Waals surface area contributed by atoms with E-state index in [1.807, 2.05) is 36.5 Å². The van der Waals surface area contributed by atoms with E-state index < -0.39 is 0 Å². The minimum Gasteiger partial charge on any atom is -0.467 e. The van der Waals surface area contributed by atoms with Gasteiger partial charge >= 0.3 is 6.03 Å². The second kappa shape index (κ2) is 6.34. The summed E-state index contributed by atoms with van der Waals surface area (Å²) in [7, 11) is 0. The van der Waals surface area contributed by atoms with Crippen LogP contribution in [0.4, 0.5) is 4.79 Å². The maximum Gasteiger partial charge on any atom is 0.318 e. The Labute approximate surface area is 141 Å². The standard InChI is InChI=1S/C18H24N4O2/c1-13(17-6-3-11-24-17)22(14-7-8-14)18(23)20-15-4-2-5-16(15)21-10-9-19-12-21/h3,6,9-16H,2,4-5,7-8H2,1H3,(H,20,23)/t13-,15-,16-/m1/s1. The minimum absolute atomic E-state index is 0.0263. The molecule has 2 heterocycles. The van der Waals surface area contributed by atoms with E-state index in [1.54, 1.807) is 12.5 Å². The molecule has 0 bridgehead atoms. The highest BCUT2D eigenvalue weighted by Crippen LogP contribution is 2.36. The number of aromatic nitrogens is 2. The number of rotatable bonds is 5. The lowest BCUT2D eigenvalue weighted by molar-refractivity contribution is 0.160. The van der Waals surface area contributed by atoms with E-state index in [0.29, 0.717) is 12.1 Å². The predicted octanol–water partition coefficient (Wildman–Crippen LogP) is 3.50. The number of nitrogens with one attached hydrogen (secondary N) is 1. The molecule has 0 aliphatic heterocycles. The largest absolute Gasteiger partial charge is 0.467 e. The Hall–Kier alpha value is -2.24. The molecule has 0 saturated heterocycles. The summed E-state index contributed by atoms with van der Waals surface area (Å²) in [5, 5.41) is 3.28. The number of carbonyl (C=O) groups is 1. The molecule has 0 spiro atoms. The number of urea groups is 1. The summed E-state index contributed by atoms with van der Waals surface area (Å²) < 4.78 is 7.64. The van der Waals surface area contributed by atoms with Crippen LogP contribution in [0.15, 0.2) is 41.5 Å². The first-order valence-corrected chi connectivity index (χ1v) is 8.83. The van der Waals surface area contributed by atoms with Crippen LogP contribution in [0, 0.1) is 0 Å². The van der Waals surface area contributed by atoms with Crippen LogP contribution in [0.1, 0.15) is 56.9 Å². The van der Waals surface area contributed by atoms with Crippen molar-refractivity contribution in [1.82, 2.24) is 19.8 Å². The first-order valence-electron chi connectivity index (χ1n) is 8.83. The fraction of sp³-hybridized carbons (Fsp3) is 0.556. The van der Waals surface area contributed by atoms with Gasteiger partial charge in [0.2, 0.25) is 0 Å². The molecule has 2 aliphatic rings. The molecule has 3 atom stereocenters. The van der Waals surface area contributed by atoms with Crippen LogP contribution in [-0.4, -0.2) is 32.6 Å². The Morgan fingerprint density at radius 2 is 2.29 bits per heavy atom. The second-order valence-corrected chi connectivity index (χ2v) is 6.89. The van der Waals surface area contributed by atoms with Gasteiger partial charge in [0.15, 0.2) is 0 Å². The van der Waals surface area contributed by atoms with Crippen LogP contribution in [0.2, 0.25) is 0 Å². The molecule has 2 saturated carbocycles. The zero-order chi connectivity index (χ0) is 16.5. The van der Waals surface area contributed by atoms with Gasteiger partial charge in [-0.2, -0.15) is 0 Å². The van der Waals surface area contributed by atoms with Crippen molar-refractivity contribution in [1.29, 1.82) is 0 Å². The molecule has 2 aromatic rings. The summed E-state index contributed by atoms with van der Waals surface area (Å²) in [5.74, 6) is 0.842. The molecule has 2 aliphatic carbocycles. The minimum atomic E-state index is -0.0411. The van der Waals surface area contributed by atoms with Crippen molar-refractivity contribution in [3.63, 3.8) is 0 Å². The molecular weight excluding hydrogens is 304 g/mol. The fourth-order valence-electron chi connectivity index (χ4n) is 3.84. The Bertz CT molecular complexity index is 663. The maximum atomic E-state index is 13.0. The summed E-state index contributed by atoms with van der Waals surface area (Å²) in [6.07, 6.45) is 12.7. The predicted molar refractivity (Wildman–Crippen MR) is 89.4 cm³/mol. The Balaban J connectivity index is 1.47. The number of amides is 2. The number of carbonyl (C=O) groups excluding carboxylic acids is 1. The van der Waals surface area contributed by atoms with E-state index in [4.69, 9.17) is 4.42 Å². The monoisotopic (exact) mass is 328 g/mol. The Kier molecular flexibility index (Phi) is 4.04. The van der Waals surface area contributed by atoms with Crippen molar-refractivity contribution < 1.29 is 9.21 Å². The van der Waals surface area contributed by atoms with E-state index in [9.17, 15) is 4.79 Å². The van der Waals surface area contributed by atoms with Crippen molar-refractivity contribution in [2.24, 2.45) is 0 Å². The van der Waals surface area contributed by atoms with E-state index in [-0.39, 0.29) is 18.1 Å². The highest BCUT2D eigenvalue weighted by Gasteiger charge is 2.39. The second-order valence-electron chi connectivity index (χ2n) is 6.89. The zero-order valence-electron chi connectivity index (χ0n) is 14.0. The lowest BCUT2D eigenvalue weighted by Crippen LogP contribution is -2.48. The van der Waals surface area contributed by atoms with Gasteiger partial charge in [-0.25, -0.2) is 9.78 Å². The maximum absolute atomic E-state index is 13.0. The molecule has 6 nitrogen and oxygen atoms in total. The van der Waals surface area contributed by atoms with E-state index in [1.165, 1.54) is 0 Å². The highest BCUT2D eigenvalue weighted by atomic mass is 16.3. The van der Waals surface area contributed by atoms with Gasteiger partial charge in [0.1, 0.15) is 5.76 Å². The van der Waals surface area contributed by atoms with Crippen molar-refractivity contribution in [3.05, 3.63) is 42.9 Å². The highest BCUT2D eigenvalue weighted by molar-refractivity contribution is 5.76. The van der Waals surface area contributed by atoms with Crippen molar-refractivity contribution in [3.8, 4) is 0 Å². The van der Waals surface area contributed by atoms with Gasteiger partial charge < -0.3 is 19.2 Å².